The van der Waals surface area contributed by atoms with Crippen LogP contribution in [0.4, 0.5) is 0 Å². The molecule has 2 aliphatic heterocycles. The zero-order valence-electron chi connectivity index (χ0n) is 14.5. The molecule has 26 heavy (non-hydrogen) atoms. The number of halogens is 1. The Morgan fingerprint density at radius 2 is 2.04 bits per heavy atom. The fraction of sp³-hybridized carbons (Fsp3) is 0.500. The molecule has 136 valence electrons. The van der Waals surface area contributed by atoms with Gasteiger partial charge in [0.2, 0.25) is 0 Å². The van der Waals surface area contributed by atoms with E-state index in [2.05, 4.69) is 15.6 Å². The predicted molar refractivity (Wildman–Crippen MR) is 97.0 cm³/mol. The van der Waals surface area contributed by atoms with Crippen LogP contribution < -0.4 is 0 Å². The van der Waals surface area contributed by atoms with Crippen molar-refractivity contribution in [2.45, 2.75) is 43.9 Å². The molecule has 0 amide bonds. The zero-order chi connectivity index (χ0) is 17.7. The van der Waals surface area contributed by atoms with Crippen LogP contribution in [0.3, 0.4) is 0 Å². The Balaban J connectivity index is 1.35. The summed E-state index contributed by atoms with van der Waals surface area (Å²) < 4.78 is 13.6. The van der Waals surface area contributed by atoms with Crippen molar-refractivity contribution in [3.63, 3.8) is 0 Å². The highest BCUT2D eigenvalue weighted by Gasteiger charge is 2.42. The normalized spacial score (nSPS) is 24.0. The van der Waals surface area contributed by atoms with Crippen molar-refractivity contribution in [1.82, 2.24) is 9.55 Å². The number of carbonyl (C=O) groups excluding carboxylic acids is 1. The van der Waals surface area contributed by atoms with Gasteiger partial charge in [-0.25, -0.2) is 4.98 Å². The maximum atomic E-state index is 13.1. The molecule has 1 spiro atoms. The van der Waals surface area contributed by atoms with Gasteiger partial charge in [0.25, 0.3) is 0 Å². The van der Waals surface area contributed by atoms with E-state index in [1.54, 1.807) is 6.33 Å². The van der Waals surface area contributed by atoms with Gasteiger partial charge in [0.15, 0.2) is 5.79 Å². The fourth-order valence-corrected chi connectivity index (χ4v) is 5.02. The standard InChI is InChI=1S/C20H21ClN2O3/c21-15-3-1-2-14-17-11-22-12-23(17)16(19(14)15)10-18(24)13-4-6-20(7-5-13)25-8-9-26-20/h1-3,11-13,16H,4-10H2. The molecular weight excluding hydrogens is 352 g/mol. The minimum atomic E-state index is -0.419. The lowest BCUT2D eigenvalue weighted by molar-refractivity contribution is -0.183. The Bertz CT molecular complexity index is 846. The molecule has 1 saturated carbocycles. The van der Waals surface area contributed by atoms with Gasteiger partial charge in [-0.3, -0.25) is 4.79 Å². The number of imidazole rings is 1. The van der Waals surface area contributed by atoms with Crippen molar-refractivity contribution in [3.05, 3.63) is 41.3 Å². The maximum absolute atomic E-state index is 13.1. The second-order valence-corrected chi connectivity index (χ2v) is 7.86. The lowest BCUT2D eigenvalue weighted by atomic mass is 9.80. The van der Waals surface area contributed by atoms with E-state index in [1.165, 1.54) is 0 Å². The highest BCUT2D eigenvalue weighted by molar-refractivity contribution is 6.32. The number of aromatic nitrogens is 2. The number of benzene rings is 1. The van der Waals surface area contributed by atoms with Gasteiger partial charge >= 0.3 is 0 Å². The molecule has 1 saturated heterocycles. The van der Waals surface area contributed by atoms with Gasteiger partial charge < -0.3 is 14.0 Å². The largest absolute Gasteiger partial charge is 0.348 e. The van der Waals surface area contributed by atoms with Crippen LogP contribution in [0.2, 0.25) is 5.02 Å². The number of nitrogens with zero attached hydrogens (tertiary/aromatic N) is 2. The third-order valence-corrected chi connectivity index (χ3v) is 6.40. The van der Waals surface area contributed by atoms with E-state index in [0.717, 1.165) is 47.5 Å². The third kappa shape index (κ3) is 2.53. The zero-order valence-corrected chi connectivity index (χ0v) is 15.2. The Morgan fingerprint density at radius 3 is 2.81 bits per heavy atom. The first kappa shape index (κ1) is 16.5. The van der Waals surface area contributed by atoms with Crippen molar-refractivity contribution in [2.24, 2.45) is 5.92 Å². The van der Waals surface area contributed by atoms with Crippen molar-refractivity contribution in [2.75, 3.05) is 13.2 Å². The number of carbonyl (C=O) groups is 1. The molecule has 3 aliphatic rings. The van der Waals surface area contributed by atoms with Crippen LogP contribution in [0.25, 0.3) is 11.3 Å². The molecule has 1 atom stereocenters. The van der Waals surface area contributed by atoms with Crippen LogP contribution >= 0.6 is 11.6 Å². The van der Waals surface area contributed by atoms with E-state index in [-0.39, 0.29) is 12.0 Å². The first-order chi connectivity index (χ1) is 12.7. The first-order valence-electron chi connectivity index (χ1n) is 9.28. The second-order valence-electron chi connectivity index (χ2n) is 7.46. The average molecular weight is 373 g/mol. The van der Waals surface area contributed by atoms with Crippen molar-refractivity contribution >= 4 is 17.4 Å². The van der Waals surface area contributed by atoms with Crippen LogP contribution in [0, 0.1) is 5.92 Å². The van der Waals surface area contributed by atoms with Crippen LogP contribution in [0.15, 0.2) is 30.7 Å². The Hall–Kier alpha value is -1.69. The topological polar surface area (TPSA) is 53.4 Å². The maximum Gasteiger partial charge on any atom is 0.168 e. The molecule has 0 bridgehead atoms. The molecule has 0 N–H and O–H groups in total. The average Bonchev–Trinajstić information content (AvgIpc) is 3.35. The molecule has 5 rings (SSSR count). The number of hydrogen-bond acceptors (Lipinski definition) is 4. The summed E-state index contributed by atoms with van der Waals surface area (Å²) in [5, 5.41) is 0.722. The number of ketones is 1. The van der Waals surface area contributed by atoms with Crippen LogP contribution in [-0.4, -0.2) is 34.3 Å². The molecule has 1 unspecified atom stereocenters. The second kappa shape index (κ2) is 6.19. The minimum Gasteiger partial charge on any atom is -0.348 e. The number of ether oxygens (including phenoxy) is 2. The SMILES string of the molecule is O=C(CC1c2c(Cl)cccc2-c2cncn21)C1CCC2(CC1)OCCO2. The molecule has 2 fully saturated rings. The van der Waals surface area contributed by atoms with Gasteiger partial charge in [0.05, 0.1) is 37.5 Å². The molecule has 3 heterocycles. The van der Waals surface area contributed by atoms with Crippen LogP contribution in [0.1, 0.15) is 43.7 Å². The smallest absolute Gasteiger partial charge is 0.168 e. The number of hydrogen-bond donors (Lipinski definition) is 0. The Morgan fingerprint density at radius 1 is 1.27 bits per heavy atom. The van der Waals surface area contributed by atoms with Crippen molar-refractivity contribution in [1.29, 1.82) is 0 Å². The predicted octanol–water partition coefficient (Wildman–Crippen LogP) is 4.00. The summed E-state index contributed by atoms with van der Waals surface area (Å²) in [7, 11) is 0. The summed E-state index contributed by atoms with van der Waals surface area (Å²) in [6.45, 7) is 1.33. The van der Waals surface area contributed by atoms with E-state index in [9.17, 15) is 4.79 Å². The molecule has 5 nitrogen and oxygen atoms in total. The summed E-state index contributed by atoms with van der Waals surface area (Å²) in [6, 6.07) is 5.85. The lowest BCUT2D eigenvalue weighted by Gasteiger charge is -2.35. The first-order valence-corrected chi connectivity index (χ1v) is 9.66. The van der Waals surface area contributed by atoms with E-state index in [4.69, 9.17) is 21.1 Å². The molecule has 1 aromatic heterocycles. The molecule has 0 radical (unpaired) electrons. The van der Waals surface area contributed by atoms with Gasteiger partial charge in [0, 0.05) is 41.3 Å². The van der Waals surface area contributed by atoms with Crippen molar-refractivity contribution < 1.29 is 14.3 Å². The summed E-state index contributed by atoms with van der Waals surface area (Å²) in [5.41, 5.74) is 3.17. The van der Waals surface area contributed by atoms with Gasteiger partial charge in [-0.2, -0.15) is 0 Å². The molecule has 6 heteroatoms. The quantitative estimate of drug-likeness (QED) is 0.817. The highest BCUT2D eigenvalue weighted by atomic mass is 35.5. The summed E-state index contributed by atoms with van der Waals surface area (Å²) in [5.74, 6) is -0.0420. The Kier molecular flexibility index (Phi) is 3.92. The van der Waals surface area contributed by atoms with Crippen molar-refractivity contribution in [3.8, 4) is 11.3 Å². The van der Waals surface area contributed by atoms with Crippen LogP contribution in [-0.2, 0) is 14.3 Å². The fourth-order valence-electron chi connectivity index (χ4n) is 4.72. The number of fused-ring (bicyclic) bond motifs is 3. The molecule has 1 aliphatic carbocycles. The van der Waals surface area contributed by atoms with Gasteiger partial charge in [-0.05, 0) is 18.9 Å². The summed E-state index contributed by atoms with van der Waals surface area (Å²) in [6.07, 6.45) is 7.39. The van der Waals surface area contributed by atoms with E-state index in [1.807, 2.05) is 18.3 Å². The lowest BCUT2D eigenvalue weighted by Crippen LogP contribution is -2.37. The number of rotatable bonds is 3. The summed E-state index contributed by atoms with van der Waals surface area (Å²) >= 11 is 6.48. The summed E-state index contributed by atoms with van der Waals surface area (Å²) in [4.78, 5) is 17.3. The Labute approximate surface area is 157 Å². The molecular formula is C20H21ClN2O3. The monoisotopic (exact) mass is 372 g/mol. The van der Waals surface area contributed by atoms with Gasteiger partial charge in [0.1, 0.15) is 5.78 Å². The number of Topliss-reactive ketones (excluding diaryl/α,β-unsaturated/α-hetero) is 1. The van der Waals surface area contributed by atoms with Gasteiger partial charge in [-0.15, -0.1) is 0 Å². The highest BCUT2D eigenvalue weighted by Crippen LogP contribution is 2.46. The minimum absolute atomic E-state index is 0.0569. The van der Waals surface area contributed by atoms with E-state index >= 15 is 0 Å². The molecule has 1 aromatic carbocycles. The van der Waals surface area contributed by atoms with E-state index < -0.39 is 5.79 Å². The van der Waals surface area contributed by atoms with Crippen LogP contribution in [0.5, 0.6) is 0 Å². The van der Waals surface area contributed by atoms with E-state index in [0.29, 0.717) is 25.4 Å². The molecule has 2 aromatic rings. The third-order valence-electron chi connectivity index (χ3n) is 6.07. The van der Waals surface area contributed by atoms with Gasteiger partial charge in [-0.1, -0.05) is 23.7 Å².